The zero-order valence-corrected chi connectivity index (χ0v) is 10.3. The molecule has 0 aliphatic heterocycles. The number of Topliss-reactive ketones (excluding diaryl/α,β-unsaturated/α-hetero) is 1. The molecule has 0 heterocycles. The topological polar surface area (TPSA) is 29.1 Å². The normalized spacial score (nSPS) is 10.4. The molecule has 1 aromatic carbocycles. The van der Waals surface area contributed by atoms with E-state index in [9.17, 15) is 4.79 Å². The second-order valence-electron chi connectivity index (χ2n) is 4.29. The third-order valence-corrected chi connectivity index (χ3v) is 2.59. The zero-order valence-electron chi connectivity index (χ0n) is 10.3. The van der Waals surface area contributed by atoms with Crippen LogP contribution in [0, 0.1) is 6.92 Å². The Kier molecular flexibility index (Phi) is 5.79. The number of carbonyl (C=O) groups is 1. The maximum absolute atomic E-state index is 10.7. The monoisotopic (exact) mass is 219 g/mol. The maximum Gasteiger partial charge on any atom is 0.129 e. The minimum atomic E-state index is 0.278. The van der Waals surface area contributed by atoms with Gasteiger partial charge in [0.1, 0.15) is 5.78 Å². The molecule has 0 aliphatic carbocycles. The molecule has 2 nitrogen and oxygen atoms in total. The predicted molar refractivity (Wildman–Crippen MR) is 67.7 cm³/mol. The highest BCUT2D eigenvalue weighted by atomic mass is 16.1. The first-order valence-electron chi connectivity index (χ1n) is 5.94. The van der Waals surface area contributed by atoms with Gasteiger partial charge in [0.2, 0.25) is 0 Å². The highest BCUT2D eigenvalue weighted by Crippen LogP contribution is 2.03. The van der Waals surface area contributed by atoms with Crippen molar-refractivity contribution in [2.24, 2.45) is 0 Å². The van der Waals surface area contributed by atoms with Gasteiger partial charge >= 0.3 is 0 Å². The summed E-state index contributed by atoms with van der Waals surface area (Å²) in [6.45, 7) is 5.67. The van der Waals surface area contributed by atoms with Crippen LogP contribution in [-0.4, -0.2) is 18.9 Å². The SMILES string of the molecule is CC(=O)CCCNCCc1ccc(C)cc1. The second-order valence-corrected chi connectivity index (χ2v) is 4.29. The van der Waals surface area contributed by atoms with E-state index in [-0.39, 0.29) is 5.78 Å². The van der Waals surface area contributed by atoms with Gasteiger partial charge in [-0.15, -0.1) is 0 Å². The molecule has 1 N–H and O–H groups in total. The molecule has 0 saturated carbocycles. The van der Waals surface area contributed by atoms with Crippen LogP contribution >= 0.6 is 0 Å². The fourth-order valence-corrected chi connectivity index (χ4v) is 1.57. The minimum Gasteiger partial charge on any atom is -0.316 e. The molecular formula is C14H21NO. The molecule has 2 heteroatoms. The number of carbonyl (C=O) groups excluding carboxylic acids is 1. The van der Waals surface area contributed by atoms with E-state index in [1.54, 1.807) is 6.92 Å². The lowest BCUT2D eigenvalue weighted by Gasteiger charge is -2.04. The van der Waals surface area contributed by atoms with Gasteiger partial charge in [-0.25, -0.2) is 0 Å². The van der Waals surface area contributed by atoms with Crippen molar-refractivity contribution in [3.8, 4) is 0 Å². The zero-order chi connectivity index (χ0) is 11.8. The van der Waals surface area contributed by atoms with E-state index < -0.39 is 0 Å². The average molecular weight is 219 g/mol. The Labute approximate surface area is 98.1 Å². The molecule has 0 spiro atoms. The number of nitrogens with one attached hydrogen (secondary N) is 1. The first-order chi connectivity index (χ1) is 7.68. The molecule has 16 heavy (non-hydrogen) atoms. The van der Waals surface area contributed by atoms with Crippen molar-refractivity contribution in [3.05, 3.63) is 35.4 Å². The van der Waals surface area contributed by atoms with Crippen molar-refractivity contribution in [1.82, 2.24) is 5.32 Å². The first kappa shape index (κ1) is 12.9. The van der Waals surface area contributed by atoms with Gasteiger partial charge in [0.15, 0.2) is 0 Å². The maximum atomic E-state index is 10.7. The molecule has 0 atom stereocenters. The number of rotatable bonds is 7. The van der Waals surface area contributed by atoms with Crippen molar-refractivity contribution >= 4 is 5.78 Å². The summed E-state index contributed by atoms with van der Waals surface area (Å²) < 4.78 is 0. The summed E-state index contributed by atoms with van der Waals surface area (Å²) in [5.74, 6) is 0.278. The van der Waals surface area contributed by atoms with Crippen molar-refractivity contribution < 1.29 is 4.79 Å². The smallest absolute Gasteiger partial charge is 0.129 e. The number of hydrogen-bond donors (Lipinski definition) is 1. The molecule has 0 saturated heterocycles. The molecule has 0 fully saturated rings. The standard InChI is InChI=1S/C14H21NO/c1-12-5-7-14(8-6-12)9-11-15-10-3-4-13(2)16/h5-8,15H,3-4,9-11H2,1-2H3. The minimum absolute atomic E-state index is 0.278. The van der Waals surface area contributed by atoms with Crippen molar-refractivity contribution in [1.29, 1.82) is 0 Å². The lowest BCUT2D eigenvalue weighted by atomic mass is 10.1. The fraction of sp³-hybridized carbons (Fsp3) is 0.500. The number of aryl methyl sites for hydroxylation is 1. The van der Waals surface area contributed by atoms with Crippen LogP contribution in [0.4, 0.5) is 0 Å². The summed E-state index contributed by atoms with van der Waals surface area (Å²) in [5, 5.41) is 3.35. The number of hydrogen-bond acceptors (Lipinski definition) is 2. The van der Waals surface area contributed by atoms with E-state index in [1.165, 1.54) is 11.1 Å². The molecular weight excluding hydrogens is 198 g/mol. The van der Waals surface area contributed by atoms with Gasteiger partial charge in [-0.1, -0.05) is 29.8 Å². The predicted octanol–water partition coefficient (Wildman–Crippen LogP) is 2.50. The van der Waals surface area contributed by atoms with Crippen LogP contribution in [0.15, 0.2) is 24.3 Å². The van der Waals surface area contributed by atoms with Crippen LogP contribution in [-0.2, 0) is 11.2 Å². The molecule has 1 aromatic rings. The van der Waals surface area contributed by atoms with E-state index >= 15 is 0 Å². The van der Waals surface area contributed by atoms with Gasteiger partial charge in [-0.2, -0.15) is 0 Å². The van der Waals surface area contributed by atoms with Crippen molar-refractivity contribution in [2.45, 2.75) is 33.1 Å². The first-order valence-corrected chi connectivity index (χ1v) is 5.94. The Bertz CT molecular complexity index is 316. The Morgan fingerprint density at radius 3 is 2.50 bits per heavy atom. The van der Waals surface area contributed by atoms with Crippen molar-refractivity contribution in [3.63, 3.8) is 0 Å². The van der Waals surface area contributed by atoms with Gasteiger partial charge in [0, 0.05) is 6.42 Å². The molecule has 0 unspecified atom stereocenters. The van der Waals surface area contributed by atoms with E-state index in [1.807, 2.05) is 0 Å². The number of benzene rings is 1. The summed E-state index contributed by atoms with van der Waals surface area (Å²) in [6.07, 6.45) is 2.70. The molecule has 0 amide bonds. The van der Waals surface area contributed by atoms with E-state index in [4.69, 9.17) is 0 Å². The fourth-order valence-electron chi connectivity index (χ4n) is 1.57. The van der Waals surface area contributed by atoms with E-state index in [2.05, 4.69) is 36.5 Å². The lowest BCUT2D eigenvalue weighted by molar-refractivity contribution is -0.117. The molecule has 1 rings (SSSR count). The molecule has 0 bridgehead atoms. The average Bonchev–Trinajstić information content (AvgIpc) is 2.25. The van der Waals surface area contributed by atoms with Gasteiger partial charge in [0.25, 0.3) is 0 Å². The Hall–Kier alpha value is -1.15. The Morgan fingerprint density at radius 1 is 1.19 bits per heavy atom. The van der Waals surface area contributed by atoms with Crippen LogP contribution < -0.4 is 5.32 Å². The quantitative estimate of drug-likeness (QED) is 0.714. The Balaban J connectivity index is 2.07. The van der Waals surface area contributed by atoms with Crippen LogP contribution in [0.3, 0.4) is 0 Å². The molecule has 0 aromatic heterocycles. The number of ketones is 1. The summed E-state index contributed by atoms with van der Waals surface area (Å²) in [5.41, 5.74) is 2.67. The summed E-state index contributed by atoms with van der Waals surface area (Å²) >= 11 is 0. The second kappa shape index (κ2) is 7.18. The third-order valence-electron chi connectivity index (χ3n) is 2.59. The largest absolute Gasteiger partial charge is 0.316 e. The van der Waals surface area contributed by atoms with Gasteiger partial charge in [-0.05, 0) is 45.3 Å². The molecule has 0 radical (unpaired) electrons. The highest BCUT2D eigenvalue weighted by Gasteiger charge is 1.94. The van der Waals surface area contributed by atoms with E-state index in [0.717, 1.165) is 25.9 Å². The van der Waals surface area contributed by atoms with Crippen LogP contribution in [0.25, 0.3) is 0 Å². The van der Waals surface area contributed by atoms with Gasteiger partial charge in [-0.3, -0.25) is 0 Å². The van der Waals surface area contributed by atoms with Gasteiger partial charge < -0.3 is 10.1 Å². The van der Waals surface area contributed by atoms with E-state index in [0.29, 0.717) is 6.42 Å². The highest BCUT2D eigenvalue weighted by molar-refractivity contribution is 5.75. The summed E-state index contributed by atoms with van der Waals surface area (Å²) in [6, 6.07) is 8.63. The summed E-state index contributed by atoms with van der Waals surface area (Å²) in [4.78, 5) is 10.7. The molecule has 0 aliphatic rings. The third kappa shape index (κ3) is 5.66. The van der Waals surface area contributed by atoms with Crippen LogP contribution in [0.5, 0.6) is 0 Å². The van der Waals surface area contributed by atoms with Crippen molar-refractivity contribution in [2.75, 3.05) is 13.1 Å². The lowest BCUT2D eigenvalue weighted by Crippen LogP contribution is -2.19. The van der Waals surface area contributed by atoms with Gasteiger partial charge in [0.05, 0.1) is 0 Å². The van der Waals surface area contributed by atoms with Crippen LogP contribution in [0.1, 0.15) is 30.9 Å². The van der Waals surface area contributed by atoms with Crippen LogP contribution in [0.2, 0.25) is 0 Å². The summed E-state index contributed by atoms with van der Waals surface area (Å²) in [7, 11) is 0. The Morgan fingerprint density at radius 2 is 1.88 bits per heavy atom. The molecule has 88 valence electrons.